The van der Waals surface area contributed by atoms with E-state index < -0.39 is 0 Å². The van der Waals surface area contributed by atoms with Gasteiger partial charge < -0.3 is 5.32 Å². The van der Waals surface area contributed by atoms with Crippen LogP contribution in [-0.4, -0.2) is 16.3 Å². The quantitative estimate of drug-likeness (QED) is 0.710. The third-order valence-electron chi connectivity index (χ3n) is 3.90. The lowest BCUT2D eigenvalue weighted by atomic mass is 10.1. The van der Waals surface area contributed by atoms with E-state index in [9.17, 15) is 4.39 Å². The number of hydrogen-bond acceptors (Lipinski definition) is 2. The van der Waals surface area contributed by atoms with Crippen molar-refractivity contribution in [3.8, 4) is 16.9 Å². The van der Waals surface area contributed by atoms with Crippen LogP contribution in [0.1, 0.15) is 5.56 Å². The fourth-order valence-corrected chi connectivity index (χ4v) is 3.20. The van der Waals surface area contributed by atoms with Crippen molar-refractivity contribution in [3.05, 3.63) is 63.9 Å². The maximum absolute atomic E-state index is 13.2. The first-order valence-corrected chi connectivity index (χ1v) is 7.96. The van der Waals surface area contributed by atoms with Crippen LogP contribution in [0.15, 0.2) is 42.5 Å². The molecular weight excluding hydrogens is 336 g/mol. The van der Waals surface area contributed by atoms with Gasteiger partial charge in [0.15, 0.2) is 0 Å². The van der Waals surface area contributed by atoms with Gasteiger partial charge in [-0.15, -0.1) is 0 Å². The molecule has 0 spiro atoms. The second kappa shape index (κ2) is 5.55. The van der Waals surface area contributed by atoms with Gasteiger partial charge in [-0.2, -0.15) is 5.10 Å². The number of benzene rings is 2. The lowest BCUT2D eigenvalue weighted by Crippen LogP contribution is -2.04. The van der Waals surface area contributed by atoms with E-state index in [-0.39, 0.29) is 5.82 Å². The molecule has 0 amide bonds. The smallest absolute Gasteiger partial charge is 0.133 e. The molecule has 0 fully saturated rings. The fourth-order valence-electron chi connectivity index (χ4n) is 2.84. The summed E-state index contributed by atoms with van der Waals surface area (Å²) < 4.78 is 14.9. The molecule has 0 saturated carbocycles. The van der Waals surface area contributed by atoms with Crippen LogP contribution >= 0.6 is 23.2 Å². The van der Waals surface area contributed by atoms with Crippen LogP contribution in [0.5, 0.6) is 0 Å². The molecule has 1 aliphatic rings. The number of anilines is 1. The highest BCUT2D eigenvalue weighted by molar-refractivity contribution is 6.34. The SMILES string of the molecule is Fc1ccc(-c2nn(-c3cc(Cl)ccc3Cl)c3c2CCN3)cc1. The molecule has 1 aliphatic heterocycles. The van der Waals surface area contributed by atoms with E-state index in [1.807, 2.05) is 0 Å². The summed E-state index contributed by atoms with van der Waals surface area (Å²) in [5, 5.41) is 9.19. The molecule has 6 heteroatoms. The Balaban J connectivity index is 1.91. The maximum atomic E-state index is 13.2. The zero-order chi connectivity index (χ0) is 16.0. The summed E-state index contributed by atoms with van der Waals surface area (Å²) in [6.07, 6.45) is 0.861. The van der Waals surface area contributed by atoms with Crippen LogP contribution in [0, 0.1) is 5.82 Å². The summed E-state index contributed by atoms with van der Waals surface area (Å²) in [6.45, 7) is 0.833. The molecule has 116 valence electrons. The van der Waals surface area contributed by atoms with E-state index in [1.165, 1.54) is 12.1 Å². The Labute approximate surface area is 142 Å². The number of nitrogens with zero attached hydrogens (tertiary/aromatic N) is 2. The minimum atomic E-state index is -0.263. The van der Waals surface area contributed by atoms with E-state index in [0.29, 0.717) is 10.0 Å². The Kier molecular flexibility index (Phi) is 3.51. The van der Waals surface area contributed by atoms with Crippen LogP contribution in [0.3, 0.4) is 0 Å². The summed E-state index contributed by atoms with van der Waals surface area (Å²) >= 11 is 12.4. The Bertz CT molecular complexity index is 888. The van der Waals surface area contributed by atoms with Gasteiger partial charge in [0.25, 0.3) is 0 Å². The molecule has 23 heavy (non-hydrogen) atoms. The van der Waals surface area contributed by atoms with Gasteiger partial charge in [-0.05, 0) is 48.9 Å². The first kappa shape index (κ1) is 14.5. The molecule has 3 nitrogen and oxygen atoms in total. The van der Waals surface area contributed by atoms with Crippen molar-refractivity contribution >= 4 is 29.0 Å². The molecule has 3 aromatic rings. The zero-order valence-corrected chi connectivity index (χ0v) is 13.5. The van der Waals surface area contributed by atoms with Gasteiger partial charge in [0.2, 0.25) is 0 Å². The molecule has 0 aliphatic carbocycles. The summed E-state index contributed by atoms with van der Waals surface area (Å²) in [7, 11) is 0. The first-order chi connectivity index (χ1) is 11.1. The minimum absolute atomic E-state index is 0.263. The van der Waals surface area contributed by atoms with Crippen LogP contribution in [0.25, 0.3) is 16.9 Å². The van der Waals surface area contributed by atoms with Gasteiger partial charge in [-0.25, -0.2) is 9.07 Å². The van der Waals surface area contributed by atoms with Crippen LogP contribution in [0.2, 0.25) is 10.0 Å². The highest BCUT2D eigenvalue weighted by Crippen LogP contribution is 2.36. The van der Waals surface area contributed by atoms with E-state index in [2.05, 4.69) is 5.32 Å². The Hall–Kier alpha value is -2.04. The standard InChI is InChI=1S/C17H12Cl2FN3/c18-11-3-6-14(19)15(9-11)23-17-13(7-8-21-17)16(22-23)10-1-4-12(20)5-2-10/h1-6,9,21H,7-8H2. The minimum Gasteiger partial charge on any atom is -0.369 e. The van der Waals surface area contributed by atoms with E-state index >= 15 is 0 Å². The van der Waals surface area contributed by atoms with Crippen LogP contribution in [0.4, 0.5) is 10.2 Å². The maximum Gasteiger partial charge on any atom is 0.133 e. The van der Waals surface area contributed by atoms with Crippen LogP contribution in [-0.2, 0) is 6.42 Å². The number of hydrogen-bond donors (Lipinski definition) is 1. The van der Waals surface area contributed by atoms with Crippen molar-refractivity contribution in [1.82, 2.24) is 9.78 Å². The number of aromatic nitrogens is 2. The first-order valence-electron chi connectivity index (χ1n) is 7.20. The third-order valence-corrected chi connectivity index (χ3v) is 4.46. The van der Waals surface area contributed by atoms with Crippen molar-refractivity contribution in [1.29, 1.82) is 0 Å². The topological polar surface area (TPSA) is 29.9 Å². The molecule has 1 N–H and O–H groups in total. The second-order valence-electron chi connectivity index (χ2n) is 5.37. The van der Waals surface area contributed by atoms with E-state index in [1.54, 1.807) is 35.0 Å². The molecule has 0 saturated heterocycles. The number of rotatable bonds is 2. The van der Waals surface area contributed by atoms with Crippen molar-refractivity contribution < 1.29 is 4.39 Å². The van der Waals surface area contributed by atoms with Gasteiger partial charge in [0.05, 0.1) is 16.4 Å². The van der Waals surface area contributed by atoms with Crippen molar-refractivity contribution in [2.45, 2.75) is 6.42 Å². The Morgan fingerprint density at radius 1 is 1.09 bits per heavy atom. The monoisotopic (exact) mass is 347 g/mol. The van der Waals surface area contributed by atoms with Crippen molar-refractivity contribution in [2.24, 2.45) is 0 Å². The summed E-state index contributed by atoms with van der Waals surface area (Å²) in [4.78, 5) is 0. The van der Waals surface area contributed by atoms with Crippen molar-refractivity contribution in [2.75, 3.05) is 11.9 Å². The summed E-state index contributed by atoms with van der Waals surface area (Å²) in [6, 6.07) is 11.6. The fraction of sp³-hybridized carbons (Fsp3) is 0.118. The lowest BCUT2D eigenvalue weighted by molar-refractivity contribution is 0.628. The Morgan fingerprint density at radius 2 is 1.87 bits per heavy atom. The molecule has 1 aromatic heterocycles. The van der Waals surface area contributed by atoms with Gasteiger partial charge in [-0.3, -0.25) is 0 Å². The molecule has 0 atom stereocenters. The molecule has 0 unspecified atom stereocenters. The molecule has 4 rings (SSSR count). The average Bonchev–Trinajstić information content (AvgIpc) is 3.13. The van der Waals surface area contributed by atoms with Gasteiger partial charge in [-0.1, -0.05) is 23.2 Å². The highest BCUT2D eigenvalue weighted by atomic mass is 35.5. The Morgan fingerprint density at radius 3 is 2.65 bits per heavy atom. The largest absolute Gasteiger partial charge is 0.369 e. The van der Waals surface area contributed by atoms with Crippen molar-refractivity contribution in [3.63, 3.8) is 0 Å². The van der Waals surface area contributed by atoms with Crippen LogP contribution < -0.4 is 5.32 Å². The summed E-state index contributed by atoms with van der Waals surface area (Å²) in [5.74, 6) is 0.648. The third kappa shape index (κ3) is 2.48. The summed E-state index contributed by atoms with van der Waals surface area (Å²) in [5.41, 5.74) is 3.54. The number of fused-ring (bicyclic) bond motifs is 1. The number of halogens is 3. The molecule has 0 radical (unpaired) electrons. The zero-order valence-electron chi connectivity index (χ0n) is 12.0. The lowest BCUT2D eigenvalue weighted by Gasteiger charge is -2.08. The molecule has 2 heterocycles. The highest BCUT2D eigenvalue weighted by Gasteiger charge is 2.24. The molecular formula is C17H12Cl2FN3. The van der Waals surface area contributed by atoms with Gasteiger partial charge >= 0.3 is 0 Å². The van der Waals surface area contributed by atoms with E-state index in [0.717, 1.165) is 41.3 Å². The van der Waals surface area contributed by atoms with Gasteiger partial charge in [0.1, 0.15) is 11.6 Å². The van der Waals surface area contributed by atoms with Gasteiger partial charge in [0, 0.05) is 22.7 Å². The number of nitrogens with one attached hydrogen (secondary N) is 1. The average molecular weight is 348 g/mol. The van der Waals surface area contributed by atoms with E-state index in [4.69, 9.17) is 28.3 Å². The molecule has 2 aromatic carbocycles. The molecule has 0 bridgehead atoms. The predicted molar refractivity (Wildman–Crippen MR) is 91.2 cm³/mol. The second-order valence-corrected chi connectivity index (χ2v) is 6.21. The predicted octanol–water partition coefficient (Wildman–Crippen LogP) is 4.95. The normalized spacial score (nSPS) is 13.0.